The molecule has 230 valence electrons. The Morgan fingerprint density at radius 1 is 1.14 bits per heavy atom. The Morgan fingerprint density at radius 3 is 2.71 bits per heavy atom. The number of fused-ring (bicyclic) bond motifs is 1. The summed E-state index contributed by atoms with van der Waals surface area (Å²) in [6, 6.07) is 7.80. The number of imidazole rings is 1. The maximum atomic E-state index is 12.7. The van der Waals surface area contributed by atoms with Crippen LogP contribution in [0.25, 0.3) is 11.2 Å². The first-order chi connectivity index (χ1) is 20.4. The fraction of sp³-hybridized carbons (Fsp3) is 0.600. The molecule has 1 saturated heterocycles. The van der Waals surface area contributed by atoms with E-state index in [0.717, 1.165) is 76.1 Å². The summed E-state index contributed by atoms with van der Waals surface area (Å²) in [7, 11) is 3.50. The first-order valence-corrected chi connectivity index (χ1v) is 14.9. The number of likely N-dealkylation sites (N-methyl/N-ethyl adjacent to an activating group) is 1. The van der Waals surface area contributed by atoms with Gasteiger partial charge in [-0.1, -0.05) is 25.5 Å². The highest BCUT2D eigenvalue weighted by Crippen LogP contribution is 2.23. The predicted octanol–water partition coefficient (Wildman–Crippen LogP) is 2.71. The predicted molar refractivity (Wildman–Crippen MR) is 162 cm³/mol. The minimum Gasteiger partial charge on any atom is -0.492 e. The van der Waals surface area contributed by atoms with Gasteiger partial charge in [0.1, 0.15) is 17.9 Å². The van der Waals surface area contributed by atoms with Gasteiger partial charge in [-0.05, 0) is 82.5 Å². The third-order valence-electron chi connectivity index (χ3n) is 7.74. The van der Waals surface area contributed by atoms with E-state index in [-0.39, 0.29) is 29.9 Å². The maximum Gasteiger partial charge on any atom is 0.327 e. The summed E-state index contributed by atoms with van der Waals surface area (Å²) in [5, 5.41) is 0. The molecule has 2 aromatic heterocycles. The smallest absolute Gasteiger partial charge is 0.327 e. The summed E-state index contributed by atoms with van der Waals surface area (Å²) in [4.78, 5) is 40.5. The number of aromatic amines is 1. The van der Waals surface area contributed by atoms with Gasteiger partial charge in [-0.2, -0.15) is 9.97 Å². The molecule has 0 spiro atoms. The highest BCUT2D eigenvalue weighted by atomic mass is 16.5. The van der Waals surface area contributed by atoms with E-state index in [1.54, 1.807) is 4.57 Å². The van der Waals surface area contributed by atoms with Gasteiger partial charge in [0.05, 0.1) is 20.1 Å². The van der Waals surface area contributed by atoms with Gasteiger partial charge in [-0.3, -0.25) is 9.36 Å². The molecular weight excluding hydrogens is 538 g/mol. The Labute approximate surface area is 247 Å². The standard InChI is InChI=1S/C30H45N7O5/c1-4-5-17-42-29-33-27(31)26-28(34-29)37(30(39)32-26)21-22-10-14-36(15-11-22)13-7-12-35(2)16-18-41-24-9-6-8-23(19-24)20-25(38)40-3/h6,8-9,19,22H,4-5,7,10-18,20-21H2,1-3H3,(H,32,39)(H2,31,33,34). The summed E-state index contributed by atoms with van der Waals surface area (Å²) in [6.45, 7) is 8.67. The lowest BCUT2D eigenvalue weighted by molar-refractivity contribution is -0.139. The Balaban J connectivity index is 1.16. The number of esters is 1. The van der Waals surface area contributed by atoms with Crippen LogP contribution in [0.5, 0.6) is 11.8 Å². The van der Waals surface area contributed by atoms with Gasteiger partial charge in [-0.15, -0.1) is 0 Å². The minimum atomic E-state index is -0.260. The second-order valence-corrected chi connectivity index (χ2v) is 11.0. The number of unbranched alkanes of at least 4 members (excludes halogenated alkanes) is 1. The van der Waals surface area contributed by atoms with E-state index < -0.39 is 0 Å². The van der Waals surface area contributed by atoms with Crippen molar-refractivity contribution in [1.82, 2.24) is 29.3 Å². The molecule has 12 heteroatoms. The summed E-state index contributed by atoms with van der Waals surface area (Å²) < 4.78 is 18.0. The number of nitrogens with two attached hydrogens (primary N) is 1. The van der Waals surface area contributed by atoms with Crippen LogP contribution >= 0.6 is 0 Å². The molecule has 0 radical (unpaired) electrons. The fourth-order valence-corrected chi connectivity index (χ4v) is 5.20. The molecule has 0 saturated carbocycles. The summed E-state index contributed by atoms with van der Waals surface area (Å²) >= 11 is 0. The van der Waals surface area contributed by atoms with Crippen LogP contribution < -0.4 is 20.9 Å². The zero-order chi connectivity index (χ0) is 29.9. The van der Waals surface area contributed by atoms with Crippen LogP contribution in [0, 0.1) is 5.92 Å². The van der Waals surface area contributed by atoms with E-state index in [1.807, 2.05) is 24.3 Å². The number of carbonyl (C=O) groups excluding carboxylic acids is 1. The summed E-state index contributed by atoms with van der Waals surface area (Å²) in [5.74, 6) is 1.13. The van der Waals surface area contributed by atoms with Crippen molar-refractivity contribution in [1.29, 1.82) is 0 Å². The second-order valence-electron chi connectivity index (χ2n) is 11.0. The average molecular weight is 584 g/mol. The number of nitrogen functional groups attached to an aromatic ring is 1. The zero-order valence-corrected chi connectivity index (χ0v) is 25.1. The summed E-state index contributed by atoms with van der Waals surface area (Å²) in [6.07, 6.45) is 5.28. The Morgan fingerprint density at radius 2 is 1.95 bits per heavy atom. The normalized spacial score (nSPS) is 14.5. The molecule has 3 heterocycles. The lowest BCUT2D eigenvalue weighted by Gasteiger charge is -2.32. The van der Waals surface area contributed by atoms with Crippen molar-refractivity contribution >= 4 is 23.0 Å². The van der Waals surface area contributed by atoms with Crippen LogP contribution in [0.1, 0.15) is 44.6 Å². The second kappa shape index (κ2) is 15.5. The third kappa shape index (κ3) is 8.93. The van der Waals surface area contributed by atoms with E-state index in [9.17, 15) is 9.59 Å². The number of nitrogens with one attached hydrogen (secondary N) is 1. The number of anilines is 1. The lowest BCUT2D eigenvalue weighted by Crippen LogP contribution is -2.37. The number of aromatic nitrogens is 4. The van der Waals surface area contributed by atoms with Gasteiger partial charge >= 0.3 is 17.7 Å². The highest BCUT2D eigenvalue weighted by Gasteiger charge is 2.22. The van der Waals surface area contributed by atoms with Gasteiger partial charge in [0, 0.05) is 13.1 Å². The highest BCUT2D eigenvalue weighted by molar-refractivity contribution is 5.81. The number of nitrogens with zero attached hydrogens (tertiary/aromatic N) is 5. The van der Waals surface area contributed by atoms with E-state index in [1.165, 1.54) is 7.11 Å². The van der Waals surface area contributed by atoms with Crippen LogP contribution in [-0.2, 0) is 22.5 Å². The molecule has 1 fully saturated rings. The van der Waals surface area contributed by atoms with E-state index in [4.69, 9.17) is 19.9 Å². The first-order valence-electron chi connectivity index (χ1n) is 14.9. The Hall–Kier alpha value is -3.64. The number of hydrogen-bond acceptors (Lipinski definition) is 10. The van der Waals surface area contributed by atoms with Crippen molar-refractivity contribution in [3.05, 3.63) is 40.3 Å². The zero-order valence-electron chi connectivity index (χ0n) is 25.1. The van der Waals surface area contributed by atoms with Crippen molar-refractivity contribution in [2.24, 2.45) is 5.92 Å². The monoisotopic (exact) mass is 583 g/mol. The van der Waals surface area contributed by atoms with Crippen molar-refractivity contribution in [3.63, 3.8) is 0 Å². The van der Waals surface area contributed by atoms with Gasteiger partial charge in [0.2, 0.25) is 0 Å². The first kappa shape index (κ1) is 31.3. The number of rotatable bonds is 16. The molecular formula is C30H45N7O5. The lowest BCUT2D eigenvalue weighted by atomic mass is 9.96. The molecule has 0 unspecified atom stereocenters. The molecule has 0 amide bonds. The largest absolute Gasteiger partial charge is 0.492 e. The minimum absolute atomic E-state index is 0.208. The van der Waals surface area contributed by atoms with Crippen molar-refractivity contribution in [2.45, 2.75) is 52.0 Å². The van der Waals surface area contributed by atoms with Gasteiger partial charge in [0.15, 0.2) is 11.5 Å². The molecule has 0 aliphatic carbocycles. The molecule has 0 atom stereocenters. The SMILES string of the molecule is CCCCOc1nc(N)c2[nH]c(=O)n(CC3CCN(CCCN(C)CCOc4cccc(CC(=O)OC)c4)CC3)c2n1. The number of piperidine rings is 1. The van der Waals surface area contributed by atoms with Crippen LogP contribution in [0.2, 0.25) is 0 Å². The van der Waals surface area contributed by atoms with Crippen molar-refractivity contribution in [3.8, 4) is 11.8 Å². The van der Waals surface area contributed by atoms with Gasteiger partial charge in [-0.25, -0.2) is 4.79 Å². The molecule has 3 N–H and O–H groups in total. The average Bonchev–Trinajstić information content (AvgIpc) is 3.29. The molecule has 12 nitrogen and oxygen atoms in total. The van der Waals surface area contributed by atoms with Crippen molar-refractivity contribution in [2.75, 3.05) is 65.8 Å². The van der Waals surface area contributed by atoms with E-state index in [0.29, 0.717) is 36.8 Å². The quantitative estimate of drug-likeness (QED) is 0.191. The van der Waals surface area contributed by atoms with Crippen LogP contribution in [-0.4, -0.2) is 95.4 Å². The molecule has 3 aromatic rings. The summed E-state index contributed by atoms with van der Waals surface area (Å²) in [5.41, 5.74) is 7.76. The third-order valence-corrected chi connectivity index (χ3v) is 7.74. The van der Waals surface area contributed by atoms with Crippen molar-refractivity contribution < 1.29 is 19.0 Å². The molecule has 1 aliphatic rings. The maximum absolute atomic E-state index is 12.7. The van der Waals surface area contributed by atoms with E-state index >= 15 is 0 Å². The Bertz CT molecular complexity index is 1350. The molecule has 1 aliphatic heterocycles. The number of ether oxygens (including phenoxy) is 3. The molecule has 1 aromatic carbocycles. The fourth-order valence-electron chi connectivity index (χ4n) is 5.20. The molecule has 0 bridgehead atoms. The number of benzene rings is 1. The van der Waals surface area contributed by atoms with Gasteiger partial charge in [0.25, 0.3) is 0 Å². The van der Waals surface area contributed by atoms with Gasteiger partial charge < -0.3 is 34.7 Å². The van der Waals surface area contributed by atoms with Crippen LogP contribution in [0.15, 0.2) is 29.1 Å². The van der Waals surface area contributed by atoms with E-state index in [2.05, 4.69) is 38.7 Å². The van der Waals surface area contributed by atoms with Crippen LogP contribution in [0.3, 0.4) is 0 Å². The number of carbonyl (C=O) groups is 1. The number of H-pyrrole nitrogens is 1. The molecule has 4 rings (SSSR count). The van der Waals surface area contributed by atoms with Crippen LogP contribution in [0.4, 0.5) is 5.82 Å². The molecule has 42 heavy (non-hydrogen) atoms. The number of likely N-dealkylation sites (tertiary alicyclic amines) is 1. The number of methoxy groups -OCH3 is 1. The number of hydrogen-bond donors (Lipinski definition) is 2. The topological polar surface area (TPSA) is 141 Å². The Kier molecular flexibility index (Phi) is 11.6.